The van der Waals surface area contributed by atoms with E-state index >= 15 is 0 Å². The minimum Gasteiger partial charge on any atom is -0.497 e. The molecule has 0 bridgehead atoms. The van der Waals surface area contributed by atoms with Crippen LogP contribution in [0.5, 0.6) is 5.75 Å². The first-order chi connectivity index (χ1) is 10.1. The van der Waals surface area contributed by atoms with Crippen molar-refractivity contribution in [1.29, 1.82) is 0 Å². The molecule has 2 aromatic rings. The smallest absolute Gasteiger partial charge is 0.340 e. The molecule has 0 aromatic heterocycles. The number of anilines is 1. The van der Waals surface area contributed by atoms with Gasteiger partial charge in [0.2, 0.25) is 0 Å². The van der Waals surface area contributed by atoms with Crippen LogP contribution >= 0.6 is 11.6 Å². The Kier molecular flexibility index (Phi) is 5.06. The predicted molar refractivity (Wildman–Crippen MR) is 83.1 cm³/mol. The van der Waals surface area contributed by atoms with Crippen LogP contribution in [0.3, 0.4) is 0 Å². The molecule has 1 N–H and O–H groups in total. The van der Waals surface area contributed by atoms with Crippen LogP contribution < -0.4 is 10.1 Å². The van der Waals surface area contributed by atoms with Crippen molar-refractivity contribution < 1.29 is 14.3 Å². The number of rotatable bonds is 5. The quantitative estimate of drug-likeness (QED) is 0.855. The van der Waals surface area contributed by atoms with E-state index in [4.69, 9.17) is 21.1 Å². The van der Waals surface area contributed by atoms with Gasteiger partial charge in [-0.25, -0.2) is 4.79 Å². The van der Waals surface area contributed by atoms with Crippen LogP contribution in [-0.2, 0) is 11.3 Å². The summed E-state index contributed by atoms with van der Waals surface area (Å²) in [6.07, 6.45) is 0. The largest absolute Gasteiger partial charge is 0.497 e. The maximum atomic E-state index is 11.8. The zero-order chi connectivity index (χ0) is 15.2. The molecule has 0 saturated heterocycles. The van der Waals surface area contributed by atoms with Gasteiger partial charge in [-0.15, -0.1) is 0 Å². The molecule has 0 radical (unpaired) electrons. The average molecular weight is 306 g/mol. The van der Waals surface area contributed by atoms with Crippen molar-refractivity contribution in [3.63, 3.8) is 0 Å². The van der Waals surface area contributed by atoms with Crippen molar-refractivity contribution in [2.75, 3.05) is 19.5 Å². The maximum absolute atomic E-state index is 11.8. The Morgan fingerprint density at radius 1 is 1.19 bits per heavy atom. The average Bonchev–Trinajstić information content (AvgIpc) is 2.53. The topological polar surface area (TPSA) is 47.6 Å². The number of benzene rings is 2. The van der Waals surface area contributed by atoms with Crippen LogP contribution in [-0.4, -0.2) is 20.2 Å². The fraction of sp³-hybridized carbons (Fsp3) is 0.188. The van der Waals surface area contributed by atoms with E-state index in [2.05, 4.69) is 5.32 Å². The number of hydrogen-bond acceptors (Lipinski definition) is 4. The Bertz CT molecular complexity index is 643. The summed E-state index contributed by atoms with van der Waals surface area (Å²) in [6, 6.07) is 12.8. The zero-order valence-corrected chi connectivity index (χ0v) is 12.6. The highest BCUT2D eigenvalue weighted by Gasteiger charge is 2.12. The van der Waals surface area contributed by atoms with Gasteiger partial charge in [0.05, 0.1) is 19.8 Å². The molecule has 110 valence electrons. The number of esters is 1. The highest BCUT2D eigenvalue weighted by atomic mass is 35.5. The van der Waals surface area contributed by atoms with Crippen molar-refractivity contribution in [2.24, 2.45) is 0 Å². The van der Waals surface area contributed by atoms with Crippen molar-refractivity contribution in [2.45, 2.75) is 6.54 Å². The molecule has 0 unspecified atom stereocenters. The lowest BCUT2D eigenvalue weighted by Gasteiger charge is -2.12. The number of carbonyl (C=O) groups is 1. The number of halogens is 1. The summed E-state index contributed by atoms with van der Waals surface area (Å²) in [5, 5.41) is 3.70. The van der Waals surface area contributed by atoms with Gasteiger partial charge in [-0.05, 0) is 35.9 Å². The first-order valence-electron chi connectivity index (χ1n) is 6.38. The number of carbonyl (C=O) groups excluding carboxylic acids is 1. The standard InChI is InChI=1S/C16H16ClNO3/c1-20-13-5-3-4-11(8-13)10-18-15-7-6-12(17)9-14(15)16(19)21-2/h3-9,18H,10H2,1-2H3. The highest BCUT2D eigenvalue weighted by Crippen LogP contribution is 2.22. The van der Waals surface area contributed by atoms with Gasteiger partial charge in [0, 0.05) is 17.3 Å². The van der Waals surface area contributed by atoms with Crippen LogP contribution in [0.2, 0.25) is 5.02 Å². The van der Waals surface area contributed by atoms with Crippen molar-refractivity contribution in [3.05, 3.63) is 58.6 Å². The van der Waals surface area contributed by atoms with Gasteiger partial charge >= 0.3 is 5.97 Å². The zero-order valence-electron chi connectivity index (χ0n) is 11.9. The van der Waals surface area contributed by atoms with E-state index in [0.717, 1.165) is 11.3 Å². The van der Waals surface area contributed by atoms with Gasteiger partial charge in [-0.1, -0.05) is 23.7 Å². The van der Waals surface area contributed by atoms with Crippen LogP contribution in [0, 0.1) is 0 Å². The Hall–Kier alpha value is -2.20. The van der Waals surface area contributed by atoms with Gasteiger partial charge in [-0.3, -0.25) is 0 Å². The molecular weight excluding hydrogens is 290 g/mol. The molecule has 21 heavy (non-hydrogen) atoms. The van der Waals surface area contributed by atoms with Gasteiger partial charge in [-0.2, -0.15) is 0 Å². The lowest BCUT2D eigenvalue weighted by atomic mass is 10.1. The van der Waals surface area contributed by atoms with E-state index in [1.807, 2.05) is 24.3 Å². The van der Waals surface area contributed by atoms with Crippen LogP contribution in [0.25, 0.3) is 0 Å². The second-order valence-corrected chi connectivity index (χ2v) is 4.82. The highest BCUT2D eigenvalue weighted by molar-refractivity contribution is 6.31. The van der Waals surface area contributed by atoms with E-state index in [1.54, 1.807) is 25.3 Å². The fourth-order valence-corrected chi connectivity index (χ4v) is 2.10. The molecule has 0 atom stereocenters. The number of methoxy groups -OCH3 is 2. The van der Waals surface area contributed by atoms with Gasteiger partial charge < -0.3 is 14.8 Å². The van der Waals surface area contributed by atoms with Crippen molar-refractivity contribution in [1.82, 2.24) is 0 Å². The minimum absolute atomic E-state index is 0.410. The molecule has 0 saturated carbocycles. The van der Waals surface area contributed by atoms with E-state index in [9.17, 15) is 4.79 Å². The van der Waals surface area contributed by atoms with E-state index in [1.165, 1.54) is 7.11 Å². The molecule has 0 amide bonds. The van der Waals surface area contributed by atoms with Gasteiger partial charge in [0.15, 0.2) is 0 Å². The molecule has 0 aliphatic rings. The second-order valence-electron chi connectivity index (χ2n) is 4.39. The SMILES string of the molecule is COC(=O)c1cc(Cl)ccc1NCc1cccc(OC)c1. The van der Waals surface area contributed by atoms with Crippen molar-refractivity contribution >= 4 is 23.3 Å². The first-order valence-corrected chi connectivity index (χ1v) is 6.76. The normalized spacial score (nSPS) is 10.0. The monoisotopic (exact) mass is 305 g/mol. The summed E-state index contributed by atoms with van der Waals surface area (Å²) in [4.78, 5) is 11.8. The summed E-state index contributed by atoms with van der Waals surface area (Å²) in [5.74, 6) is 0.365. The Morgan fingerprint density at radius 2 is 2.00 bits per heavy atom. The second kappa shape index (κ2) is 6.99. The third-order valence-electron chi connectivity index (χ3n) is 3.00. The summed E-state index contributed by atoms with van der Waals surface area (Å²) in [7, 11) is 2.97. The molecule has 0 aliphatic heterocycles. The summed E-state index contributed by atoms with van der Waals surface area (Å²) in [5.41, 5.74) is 2.13. The van der Waals surface area contributed by atoms with Gasteiger partial charge in [0.1, 0.15) is 5.75 Å². The third-order valence-corrected chi connectivity index (χ3v) is 3.24. The molecule has 5 heteroatoms. The Morgan fingerprint density at radius 3 is 2.71 bits per heavy atom. The van der Waals surface area contributed by atoms with Crippen molar-refractivity contribution in [3.8, 4) is 5.75 Å². The molecule has 0 heterocycles. The lowest BCUT2D eigenvalue weighted by Crippen LogP contribution is -2.08. The summed E-state index contributed by atoms with van der Waals surface area (Å²) in [6.45, 7) is 0.558. The third kappa shape index (κ3) is 3.89. The Balaban J connectivity index is 2.17. The molecule has 4 nitrogen and oxygen atoms in total. The molecule has 2 aromatic carbocycles. The molecule has 0 spiro atoms. The fourth-order valence-electron chi connectivity index (χ4n) is 1.93. The molecular formula is C16H16ClNO3. The van der Waals surface area contributed by atoms with Crippen LogP contribution in [0.15, 0.2) is 42.5 Å². The summed E-state index contributed by atoms with van der Waals surface area (Å²) >= 11 is 5.92. The van der Waals surface area contributed by atoms with Gasteiger partial charge in [0.25, 0.3) is 0 Å². The van der Waals surface area contributed by atoms with E-state index < -0.39 is 5.97 Å². The lowest BCUT2D eigenvalue weighted by molar-refractivity contribution is 0.0602. The first kappa shape index (κ1) is 15.2. The predicted octanol–water partition coefficient (Wildman–Crippen LogP) is 3.75. The number of ether oxygens (including phenoxy) is 2. The Labute approximate surface area is 128 Å². The maximum Gasteiger partial charge on any atom is 0.340 e. The molecule has 2 rings (SSSR count). The molecule has 0 aliphatic carbocycles. The minimum atomic E-state index is -0.425. The number of hydrogen-bond donors (Lipinski definition) is 1. The van der Waals surface area contributed by atoms with E-state index in [0.29, 0.717) is 22.8 Å². The van der Waals surface area contributed by atoms with Crippen LogP contribution in [0.4, 0.5) is 5.69 Å². The summed E-state index contributed by atoms with van der Waals surface area (Å²) < 4.78 is 9.95. The van der Waals surface area contributed by atoms with E-state index in [-0.39, 0.29) is 0 Å². The molecule has 0 fully saturated rings. The number of nitrogens with one attached hydrogen (secondary N) is 1. The van der Waals surface area contributed by atoms with Crippen LogP contribution in [0.1, 0.15) is 15.9 Å².